The molecule has 0 aliphatic rings. The summed E-state index contributed by atoms with van der Waals surface area (Å²) < 4.78 is 29.4. The van der Waals surface area contributed by atoms with Crippen LogP contribution in [0.15, 0.2) is 24.3 Å². The highest BCUT2D eigenvalue weighted by Gasteiger charge is 2.17. The minimum absolute atomic E-state index is 0.0561. The summed E-state index contributed by atoms with van der Waals surface area (Å²) in [7, 11) is -3.48. The number of imide groups is 1. The number of benzene rings is 1. The number of anilines is 1. The van der Waals surface area contributed by atoms with E-state index < -0.39 is 40.1 Å². The number of hydrogen-bond donors (Lipinski definition) is 3. The number of rotatable bonds is 5. The molecule has 0 bridgehead atoms. The predicted octanol–water partition coefficient (Wildman–Crippen LogP) is 0.839. The Morgan fingerprint density at radius 2 is 1.80 bits per heavy atom. The van der Waals surface area contributed by atoms with Crippen LogP contribution in [-0.2, 0) is 19.6 Å². The Bertz CT molecular complexity index is 768. The molecule has 0 aliphatic heterocycles. The molecule has 9 nitrogen and oxygen atoms in total. The quantitative estimate of drug-likeness (QED) is 0.658. The molecule has 0 radical (unpaired) electrons. The van der Waals surface area contributed by atoms with Gasteiger partial charge in [0.15, 0.2) is 6.61 Å². The van der Waals surface area contributed by atoms with Gasteiger partial charge in [0, 0.05) is 11.2 Å². The van der Waals surface area contributed by atoms with E-state index in [0.717, 1.165) is 6.26 Å². The van der Waals surface area contributed by atoms with E-state index in [4.69, 9.17) is 4.74 Å². The molecule has 0 unspecified atom stereocenters. The fourth-order valence-electron chi connectivity index (χ4n) is 1.67. The van der Waals surface area contributed by atoms with Gasteiger partial charge in [-0.15, -0.1) is 0 Å². The molecule has 0 spiro atoms. The van der Waals surface area contributed by atoms with Crippen molar-refractivity contribution in [3.05, 3.63) is 29.8 Å². The lowest BCUT2D eigenvalue weighted by Gasteiger charge is -2.20. The molecule has 0 aromatic heterocycles. The Morgan fingerprint density at radius 3 is 2.36 bits per heavy atom. The van der Waals surface area contributed by atoms with E-state index in [1.54, 1.807) is 20.8 Å². The fourth-order valence-corrected chi connectivity index (χ4v) is 2.23. The number of hydrogen-bond acceptors (Lipinski definition) is 6. The van der Waals surface area contributed by atoms with E-state index in [-0.39, 0.29) is 11.3 Å². The monoisotopic (exact) mass is 371 g/mol. The minimum atomic E-state index is -3.48. The molecule has 1 rings (SSSR count). The first kappa shape index (κ1) is 20.4. The third kappa shape index (κ3) is 8.70. The van der Waals surface area contributed by atoms with Crippen molar-refractivity contribution in [2.45, 2.75) is 26.3 Å². The Morgan fingerprint density at radius 1 is 1.16 bits per heavy atom. The molecule has 138 valence electrons. The highest BCUT2D eigenvalue weighted by atomic mass is 32.2. The molecular weight excluding hydrogens is 350 g/mol. The number of ether oxygens (including phenoxy) is 1. The Labute approximate surface area is 146 Å². The van der Waals surface area contributed by atoms with E-state index in [2.05, 4.69) is 10.0 Å². The first-order valence-electron chi connectivity index (χ1n) is 7.23. The van der Waals surface area contributed by atoms with Crippen LogP contribution in [0.5, 0.6) is 0 Å². The normalized spacial score (nSPS) is 11.4. The first-order valence-corrected chi connectivity index (χ1v) is 9.12. The summed E-state index contributed by atoms with van der Waals surface area (Å²) >= 11 is 0. The maximum absolute atomic E-state index is 11.9. The Balaban J connectivity index is 2.58. The smallest absolute Gasteiger partial charge is 0.338 e. The standard InChI is InChI=1S/C15H21N3O6S/c1-15(2,3)17-14(21)16-12(19)9-24-13(20)10-6-5-7-11(8-10)18-25(4,22)23/h5-8,18H,9H2,1-4H3,(H2,16,17,19,21). The number of carbonyl (C=O) groups excluding carboxylic acids is 3. The van der Waals surface area contributed by atoms with Crippen molar-refractivity contribution in [1.29, 1.82) is 0 Å². The van der Waals surface area contributed by atoms with E-state index in [1.807, 2.05) is 5.32 Å². The topological polar surface area (TPSA) is 131 Å². The highest BCUT2D eigenvalue weighted by molar-refractivity contribution is 7.92. The van der Waals surface area contributed by atoms with Gasteiger partial charge in [-0.05, 0) is 39.0 Å². The van der Waals surface area contributed by atoms with E-state index in [9.17, 15) is 22.8 Å². The van der Waals surface area contributed by atoms with Crippen molar-refractivity contribution in [2.75, 3.05) is 17.6 Å². The van der Waals surface area contributed by atoms with Gasteiger partial charge >= 0.3 is 12.0 Å². The summed E-state index contributed by atoms with van der Waals surface area (Å²) in [4.78, 5) is 35.0. The maximum atomic E-state index is 11.9. The third-order valence-corrected chi connectivity index (χ3v) is 3.08. The summed E-state index contributed by atoms with van der Waals surface area (Å²) in [5.74, 6) is -1.62. The van der Waals surface area contributed by atoms with Crippen LogP contribution in [0, 0.1) is 0 Å². The lowest BCUT2D eigenvalue weighted by atomic mass is 10.1. The molecule has 25 heavy (non-hydrogen) atoms. The zero-order valence-corrected chi connectivity index (χ0v) is 15.2. The molecule has 10 heteroatoms. The average Bonchev–Trinajstić information content (AvgIpc) is 2.41. The SMILES string of the molecule is CC(C)(C)NC(=O)NC(=O)COC(=O)c1cccc(NS(C)(=O)=O)c1. The molecule has 1 aromatic rings. The van der Waals surface area contributed by atoms with Gasteiger partial charge in [-0.1, -0.05) is 6.07 Å². The van der Waals surface area contributed by atoms with Crippen molar-refractivity contribution >= 4 is 33.6 Å². The zero-order chi connectivity index (χ0) is 19.3. The van der Waals surface area contributed by atoms with Crippen LogP contribution >= 0.6 is 0 Å². The summed E-state index contributed by atoms with van der Waals surface area (Å²) in [5.41, 5.74) is -0.278. The molecule has 3 amide bonds. The first-order chi connectivity index (χ1) is 11.4. The second-order valence-electron chi connectivity index (χ2n) is 6.28. The van der Waals surface area contributed by atoms with Gasteiger partial charge in [0.25, 0.3) is 5.91 Å². The zero-order valence-electron chi connectivity index (χ0n) is 14.4. The highest BCUT2D eigenvalue weighted by Crippen LogP contribution is 2.12. The molecule has 0 fully saturated rings. The summed E-state index contributed by atoms with van der Waals surface area (Å²) in [5, 5.41) is 4.55. The molecule has 0 aliphatic carbocycles. The minimum Gasteiger partial charge on any atom is -0.452 e. The van der Waals surface area contributed by atoms with E-state index in [0.29, 0.717) is 0 Å². The van der Waals surface area contributed by atoms with Crippen molar-refractivity contribution in [2.24, 2.45) is 0 Å². The second kappa shape index (κ2) is 7.97. The Kier molecular flexibility index (Phi) is 6.51. The predicted molar refractivity (Wildman–Crippen MR) is 91.6 cm³/mol. The van der Waals surface area contributed by atoms with E-state index >= 15 is 0 Å². The number of nitrogens with one attached hydrogen (secondary N) is 3. The molecule has 0 atom stereocenters. The van der Waals surface area contributed by atoms with Crippen molar-refractivity contribution in [3.63, 3.8) is 0 Å². The van der Waals surface area contributed by atoms with Crippen LogP contribution in [0.2, 0.25) is 0 Å². The molecule has 0 heterocycles. The van der Waals surface area contributed by atoms with Crippen LogP contribution in [-0.4, -0.2) is 44.7 Å². The number of amides is 3. The summed E-state index contributed by atoms with van der Waals surface area (Å²) in [6, 6.07) is 4.89. The van der Waals surface area contributed by atoms with Crippen molar-refractivity contribution < 1.29 is 27.5 Å². The number of carbonyl (C=O) groups is 3. The van der Waals surface area contributed by atoms with Crippen LogP contribution in [0.4, 0.5) is 10.5 Å². The van der Waals surface area contributed by atoms with Crippen LogP contribution < -0.4 is 15.4 Å². The van der Waals surface area contributed by atoms with Gasteiger partial charge in [-0.2, -0.15) is 0 Å². The molecule has 3 N–H and O–H groups in total. The van der Waals surface area contributed by atoms with Gasteiger partial charge in [0.05, 0.1) is 11.8 Å². The maximum Gasteiger partial charge on any atom is 0.338 e. The fraction of sp³-hybridized carbons (Fsp3) is 0.400. The lowest BCUT2D eigenvalue weighted by molar-refractivity contribution is -0.123. The van der Waals surface area contributed by atoms with Gasteiger partial charge in [-0.25, -0.2) is 18.0 Å². The number of esters is 1. The molecular formula is C15H21N3O6S. The van der Waals surface area contributed by atoms with E-state index in [1.165, 1.54) is 24.3 Å². The van der Waals surface area contributed by atoms with Crippen LogP contribution in [0.25, 0.3) is 0 Å². The van der Waals surface area contributed by atoms with Crippen molar-refractivity contribution in [1.82, 2.24) is 10.6 Å². The van der Waals surface area contributed by atoms with Gasteiger partial charge in [-0.3, -0.25) is 14.8 Å². The van der Waals surface area contributed by atoms with Gasteiger partial charge < -0.3 is 10.1 Å². The lowest BCUT2D eigenvalue weighted by Crippen LogP contribution is -2.49. The molecule has 0 saturated carbocycles. The molecule has 1 aromatic carbocycles. The average molecular weight is 371 g/mol. The summed E-state index contributed by atoms with van der Waals surface area (Å²) in [6.45, 7) is 4.58. The Hall–Kier alpha value is -2.62. The molecule has 0 saturated heterocycles. The summed E-state index contributed by atoms with van der Waals surface area (Å²) in [6.07, 6.45) is 0.977. The third-order valence-electron chi connectivity index (χ3n) is 2.48. The van der Waals surface area contributed by atoms with Gasteiger partial charge in [0.1, 0.15) is 0 Å². The van der Waals surface area contributed by atoms with Crippen molar-refractivity contribution in [3.8, 4) is 0 Å². The van der Waals surface area contributed by atoms with Crippen LogP contribution in [0.3, 0.4) is 0 Å². The number of urea groups is 1. The number of sulfonamides is 1. The van der Waals surface area contributed by atoms with Crippen LogP contribution in [0.1, 0.15) is 31.1 Å². The largest absolute Gasteiger partial charge is 0.452 e. The second-order valence-corrected chi connectivity index (χ2v) is 8.03. The van der Waals surface area contributed by atoms with Gasteiger partial charge in [0.2, 0.25) is 10.0 Å².